The van der Waals surface area contributed by atoms with E-state index >= 15 is 0 Å². The van der Waals surface area contributed by atoms with Crippen LogP contribution in [-0.2, 0) is 17.6 Å². The molecule has 3 rings (SSSR count). The molecule has 0 amide bonds. The Morgan fingerprint density at radius 2 is 1.50 bits per heavy atom. The van der Waals surface area contributed by atoms with Gasteiger partial charge in [0, 0.05) is 20.0 Å². The molecule has 0 fully saturated rings. The van der Waals surface area contributed by atoms with E-state index in [9.17, 15) is 10.3 Å². The van der Waals surface area contributed by atoms with E-state index in [4.69, 9.17) is 4.74 Å². The Hall–Kier alpha value is -2.63. The molecule has 1 aliphatic rings. The van der Waals surface area contributed by atoms with Crippen molar-refractivity contribution in [2.24, 2.45) is 4.99 Å². The fourth-order valence-electron chi connectivity index (χ4n) is 2.76. The van der Waals surface area contributed by atoms with Crippen LogP contribution in [-0.4, -0.2) is 34.4 Å². The van der Waals surface area contributed by atoms with Gasteiger partial charge in [-0.1, -0.05) is 60.7 Å². The molecule has 5 heteroatoms. The number of aliphatic imine (C=N–C) groups is 1. The van der Waals surface area contributed by atoms with Gasteiger partial charge in [-0.05, 0) is 11.1 Å². The van der Waals surface area contributed by atoms with E-state index in [1.54, 1.807) is 0 Å². The molecule has 2 aromatic carbocycles. The molecule has 0 spiro atoms. The molecule has 0 aliphatic carbocycles. The summed E-state index contributed by atoms with van der Waals surface area (Å²) in [7, 11) is 1.51. The zero-order chi connectivity index (χ0) is 16.9. The van der Waals surface area contributed by atoms with Gasteiger partial charge in [-0.25, -0.2) is 10.1 Å². The molecule has 1 unspecified atom stereocenters. The van der Waals surface area contributed by atoms with E-state index in [2.05, 4.69) is 4.99 Å². The zero-order valence-corrected chi connectivity index (χ0v) is 13.5. The van der Waals surface area contributed by atoms with Gasteiger partial charge in [0.15, 0.2) is 6.23 Å². The summed E-state index contributed by atoms with van der Waals surface area (Å²) in [4.78, 5) is 4.28. The van der Waals surface area contributed by atoms with Gasteiger partial charge in [-0.3, -0.25) is 5.21 Å². The summed E-state index contributed by atoms with van der Waals surface area (Å²) >= 11 is 0. The number of hydrogen-bond donors (Lipinski definition) is 2. The lowest BCUT2D eigenvalue weighted by Gasteiger charge is -2.32. The summed E-state index contributed by atoms with van der Waals surface area (Å²) in [5.74, 6) is -0.180. The van der Waals surface area contributed by atoms with Crippen molar-refractivity contribution < 1.29 is 15.1 Å². The average molecular weight is 324 g/mol. The van der Waals surface area contributed by atoms with Crippen molar-refractivity contribution in [1.82, 2.24) is 5.06 Å². The van der Waals surface area contributed by atoms with Gasteiger partial charge in [0.25, 0.3) is 0 Å². The highest BCUT2D eigenvalue weighted by Crippen LogP contribution is 2.24. The summed E-state index contributed by atoms with van der Waals surface area (Å²) in [6.45, 7) is 0. The zero-order valence-electron chi connectivity index (χ0n) is 13.5. The second-order valence-corrected chi connectivity index (χ2v) is 5.63. The van der Waals surface area contributed by atoms with Gasteiger partial charge >= 0.3 is 0 Å². The first-order chi connectivity index (χ1) is 11.7. The third kappa shape index (κ3) is 3.48. The van der Waals surface area contributed by atoms with Crippen LogP contribution >= 0.6 is 0 Å². The van der Waals surface area contributed by atoms with Crippen molar-refractivity contribution in [3.8, 4) is 0 Å². The van der Waals surface area contributed by atoms with Crippen LogP contribution in [0, 0.1) is 0 Å². The molecule has 1 heterocycles. The van der Waals surface area contributed by atoms with E-state index in [1.807, 2.05) is 60.7 Å². The summed E-state index contributed by atoms with van der Waals surface area (Å²) in [6, 6.07) is 19.4. The summed E-state index contributed by atoms with van der Waals surface area (Å²) < 4.78 is 5.40. The van der Waals surface area contributed by atoms with Crippen LogP contribution < -0.4 is 0 Å². The first-order valence-corrected chi connectivity index (χ1v) is 7.77. The molecule has 5 nitrogen and oxygen atoms in total. The molecule has 0 aromatic heterocycles. The lowest BCUT2D eigenvalue weighted by atomic mass is 10.0. The SMILES string of the molecule is COC1C(Cc2ccccc2)=NC(O)=C(Cc2ccccc2)N1O. The van der Waals surface area contributed by atoms with Crippen molar-refractivity contribution in [3.63, 3.8) is 0 Å². The number of aliphatic hydroxyl groups is 1. The van der Waals surface area contributed by atoms with Crippen LogP contribution in [0.15, 0.2) is 77.2 Å². The molecule has 0 saturated heterocycles. The number of rotatable bonds is 5. The standard InChI is InChI=1S/C19H20N2O3/c1-24-19-16(12-14-8-4-2-5-9-14)20-18(22)17(21(19)23)13-15-10-6-3-7-11-15/h2-11,19,22-23H,12-13H2,1H3. The second-order valence-electron chi connectivity index (χ2n) is 5.63. The van der Waals surface area contributed by atoms with Gasteiger partial charge in [0.1, 0.15) is 5.70 Å². The molecular formula is C19H20N2O3. The Kier molecular flexibility index (Phi) is 4.93. The maximum absolute atomic E-state index is 10.5. The number of methoxy groups -OCH3 is 1. The second kappa shape index (κ2) is 7.29. The molecular weight excluding hydrogens is 304 g/mol. The van der Waals surface area contributed by atoms with Crippen molar-refractivity contribution in [2.45, 2.75) is 19.1 Å². The van der Waals surface area contributed by atoms with Gasteiger partial charge in [-0.2, -0.15) is 0 Å². The summed E-state index contributed by atoms with van der Waals surface area (Å²) in [5, 5.41) is 21.8. The van der Waals surface area contributed by atoms with Crippen LogP contribution in [0.25, 0.3) is 0 Å². The fourth-order valence-corrected chi connectivity index (χ4v) is 2.76. The monoisotopic (exact) mass is 324 g/mol. The van der Waals surface area contributed by atoms with E-state index in [-0.39, 0.29) is 5.88 Å². The summed E-state index contributed by atoms with van der Waals surface area (Å²) in [5.41, 5.74) is 2.88. The van der Waals surface area contributed by atoms with Crippen molar-refractivity contribution in [2.75, 3.05) is 7.11 Å². The summed E-state index contributed by atoms with van der Waals surface area (Å²) in [6.07, 6.45) is 0.129. The fraction of sp³-hybridized carbons (Fsp3) is 0.211. The third-order valence-electron chi connectivity index (χ3n) is 3.96. The predicted molar refractivity (Wildman–Crippen MR) is 91.8 cm³/mol. The van der Waals surface area contributed by atoms with E-state index < -0.39 is 6.23 Å². The lowest BCUT2D eigenvalue weighted by molar-refractivity contribution is -0.158. The molecule has 24 heavy (non-hydrogen) atoms. The van der Waals surface area contributed by atoms with Crippen LogP contribution in [0.1, 0.15) is 11.1 Å². The minimum atomic E-state index is -0.722. The number of hydroxylamine groups is 2. The van der Waals surface area contributed by atoms with Crippen LogP contribution in [0.5, 0.6) is 0 Å². The van der Waals surface area contributed by atoms with Gasteiger partial charge in [0.05, 0.1) is 5.71 Å². The van der Waals surface area contributed by atoms with Gasteiger partial charge < -0.3 is 9.84 Å². The minimum Gasteiger partial charge on any atom is -0.492 e. The normalized spacial score (nSPS) is 17.8. The quantitative estimate of drug-likeness (QED) is 0.885. The Morgan fingerprint density at radius 1 is 0.958 bits per heavy atom. The highest BCUT2D eigenvalue weighted by Gasteiger charge is 2.31. The first-order valence-electron chi connectivity index (χ1n) is 7.77. The number of ether oxygens (including phenoxy) is 1. The van der Waals surface area contributed by atoms with E-state index in [0.29, 0.717) is 24.3 Å². The Labute approximate surface area is 141 Å². The first kappa shape index (κ1) is 16.2. The molecule has 2 aromatic rings. The molecule has 0 saturated carbocycles. The number of allylic oxidation sites excluding steroid dienone is 1. The van der Waals surface area contributed by atoms with Crippen molar-refractivity contribution in [1.29, 1.82) is 0 Å². The highest BCUT2D eigenvalue weighted by molar-refractivity contribution is 5.91. The molecule has 0 bridgehead atoms. The number of hydrogen-bond acceptors (Lipinski definition) is 5. The molecule has 1 aliphatic heterocycles. The Morgan fingerprint density at radius 3 is 2.04 bits per heavy atom. The minimum absolute atomic E-state index is 0.180. The number of nitrogens with zero attached hydrogens (tertiary/aromatic N) is 2. The van der Waals surface area contributed by atoms with E-state index in [0.717, 1.165) is 16.2 Å². The van der Waals surface area contributed by atoms with Crippen molar-refractivity contribution >= 4 is 5.71 Å². The number of benzene rings is 2. The third-order valence-corrected chi connectivity index (χ3v) is 3.96. The largest absolute Gasteiger partial charge is 0.492 e. The molecule has 1 atom stereocenters. The molecule has 2 N–H and O–H groups in total. The Balaban J connectivity index is 1.88. The topological polar surface area (TPSA) is 65.3 Å². The van der Waals surface area contributed by atoms with Gasteiger partial charge in [-0.15, -0.1) is 0 Å². The van der Waals surface area contributed by atoms with Crippen LogP contribution in [0.3, 0.4) is 0 Å². The average Bonchev–Trinajstić information content (AvgIpc) is 2.61. The maximum Gasteiger partial charge on any atom is 0.233 e. The molecule has 124 valence electrons. The van der Waals surface area contributed by atoms with Crippen LogP contribution in [0.2, 0.25) is 0 Å². The van der Waals surface area contributed by atoms with Crippen LogP contribution in [0.4, 0.5) is 0 Å². The lowest BCUT2D eigenvalue weighted by Crippen LogP contribution is -2.44. The van der Waals surface area contributed by atoms with Crippen molar-refractivity contribution in [3.05, 3.63) is 83.4 Å². The predicted octanol–water partition coefficient (Wildman–Crippen LogP) is 3.32. The van der Waals surface area contributed by atoms with Gasteiger partial charge in [0.2, 0.25) is 5.88 Å². The highest BCUT2D eigenvalue weighted by atomic mass is 16.6. The van der Waals surface area contributed by atoms with E-state index in [1.165, 1.54) is 7.11 Å². The molecule has 0 radical (unpaired) electrons. The Bertz CT molecular complexity index is 742. The smallest absolute Gasteiger partial charge is 0.233 e. The number of aliphatic hydroxyl groups excluding tert-OH is 1. The maximum atomic E-state index is 10.5.